The van der Waals surface area contributed by atoms with E-state index in [0.717, 1.165) is 28.8 Å². The van der Waals surface area contributed by atoms with E-state index in [1.54, 1.807) is 0 Å². The summed E-state index contributed by atoms with van der Waals surface area (Å²) in [7, 11) is 0. The lowest BCUT2D eigenvalue weighted by Crippen LogP contribution is -2.41. The molecule has 2 atom stereocenters. The van der Waals surface area contributed by atoms with E-state index in [2.05, 4.69) is 56.4 Å². The van der Waals surface area contributed by atoms with Crippen molar-refractivity contribution in [1.82, 2.24) is 4.90 Å². The summed E-state index contributed by atoms with van der Waals surface area (Å²) in [5.41, 5.74) is 6.39. The molecule has 2 amide bonds. The number of fused-ring (bicyclic) bond motifs is 1. The first-order chi connectivity index (χ1) is 17.7. The molecule has 3 aromatic rings. The number of hydrogen-bond acceptors (Lipinski definition) is 3. The molecule has 0 bridgehead atoms. The monoisotopic (exact) mass is 498 g/mol. The number of carbonyl (C=O) groups is 2. The van der Waals surface area contributed by atoms with Gasteiger partial charge in [-0.3, -0.25) is 9.59 Å². The summed E-state index contributed by atoms with van der Waals surface area (Å²) < 4.78 is 6.24. The molecule has 4 rings (SSSR count). The first-order valence-electron chi connectivity index (χ1n) is 13.3. The number of carbonyl (C=O) groups excluding carboxylic acids is 2. The van der Waals surface area contributed by atoms with Crippen molar-refractivity contribution in [1.29, 1.82) is 0 Å². The molecule has 1 aliphatic rings. The van der Waals surface area contributed by atoms with Gasteiger partial charge in [0.25, 0.3) is 5.91 Å². The minimum Gasteiger partial charge on any atom is -0.481 e. The Morgan fingerprint density at radius 2 is 1.76 bits per heavy atom. The van der Waals surface area contributed by atoms with Crippen molar-refractivity contribution in [2.75, 3.05) is 11.9 Å². The zero-order valence-corrected chi connectivity index (χ0v) is 22.6. The fraction of sp³-hybridized carbons (Fsp3) is 0.375. The maximum absolute atomic E-state index is 13.3. The number of amides is 2. The summed E-state index contributed by atoms with van der Waals surface area (Å²) in [6, 6.07) is 22.0. The molecule has 0 saturated carbocycles. The molecule has 0 saturated heterocycles. The second kappa shape index (κ2) is 11.6. The van der Waals surface area contributed by atoms with Gasteiger partial charge in [0.1, 0.15) is 5.75 Å². The lowest BCUT2D eigenvalue weighted by Gasteiger charge is -2.38. The number of aryl methyl sites for hydroxylation is 2. The maximum Gasteiger partial charge on any atom is 0.265 e. The summed E-state index contributed by atoms with van der Waals surface area (Å²) in [5, 5.41) is 2.98. The Balaban J connectivity index is 1.63. The molecule has 194 valence electrons. The number of benzene rings is 3. The summed E-state index contributed by atoms with van der Waals surface area (Å²) in [6.45, 7) is 10.9. The molecule has 5 heteroatoms. The molecule has 2 unspecified atom stereocenters. The highest BCUT2D eigenvalue weighted by Crippen LogP contribution is 2.38. The van der Waals surface area contributed by atoms with Crippen molar-refractivity contribution < 1.29 is 14.3 Å². The van der Waals surface area contributed by atoms with Crippen LogP contribution in [0, 0.1) is 19.8 Å². The fourth-order valence-corrected chi connectivity index (χ4v) is 4.94. The van der Waals surface area contributed by atoms with Crippen LogP contribution in [0.5, 0.6) is 5.75 Å². The predicted molar refractivity (Wildman–Crippen MR) is 149 cm³/mol. The minimum atomic E-state index is -0.626. The quantitative estimate of drug-likeness (QED) is 0.380. The van der Waals surface area contributed by atoms with E-state index >= 15 is 0 Å². The molecule has 0 spiro atoms. The third-order valence-electron chi connectivity index (χ3n) is 6.87. The Morgan fingerprint density at radius 3 is 2.43 bits per heavy atom. The van der Waals surface area contributed by atoms with Crippen molar-refractivity contribution in [2.24, 2.45) is 5.92 Å². The van der Waals surface area contributed by atoms with Crippen molar-refractivity contribution in [2.45, 2.75) is 66.0 Å². The lowest BCUT2D eigenvalue weighted by atomic mass is 9.87. The topological polar surface area (TPSA) is 58.6 Å². The van der Waals surface area contributed by atoms with Crippen LogP contribution in [0.1, 0.15) is 67.5 Å². The summed E-state index contributed by atoms with van der Waals surface area (Å²) in [5.74, 6) is 0.927. The smallest absolute Gasteiger partial charge is 0.265 e. The molecule has 1 heterocycles. The molecule has 5 nitrogen and oxygen atoms in total. The van der Waals surface area contributed by atoms with Gasteiger partial charge in [0.15, 0.2) is 6.10 Å². The largest absolute Gasteiger partial charge is 0.481 e. The van der Waals surface area contributed by atoms with E-state index in [4.69, 9.17) is 4.74 Å². The summed E-state index contributed by atoms with van der Waals surface area (Å²) >= 11 is 0. The first-order valence-corrected chi connectivity index (χ1v) is 13.3. The number of hydrogen-bond donors (Lipinski definition) is 1. The van der Waals surface area contributed by atoms with Crippen LogP contribution in [0.2, 0.25) is 0 Å². The predicted octanol–water partition coefficient (Wildman–Crippen LogP) is 6.62. The van der Waals surface area contributed by atoms with Crippen LogP contribution in [0.25, 0.3) is 0 Å². The molecule has 0 aliphatic carbocycles. The van der Waals surface area contributed by atoms with Gasteiger partial charge in [-0.25, -0.2) is 0 Å². The number of rotatable bonds is 8. The van der Waals surface area contributed by atoms with E-state index in [1.165, 1.54) is 11.1 Å². The van der Waals surface area contributed by atoms with Gasteiger partial charge in [0.2, 0.25) is 5.91 Å². The zero-order valence-electron chi connectivity index (χ0n) is 22.6. The second-order valence-corrected chi connectivity index (χ2v) is 10.5. The molecule has 3 aromatic carbocycles. The standard InChI is InChI=1S/C32H38N2O3/c1-6-29(32(36)33-26-9-7-8-23(5)19-26)37-27-15-14-24-16-17-34(30(35)18-21(2)3)31(28(24)20-27)25-12-10-22(4)11-13-25/h7-15,19-21,29,31H,6,16-18H2,1-5H3,(H,33,36). The van der Waals surface area contributed by atoms with E-state index in [-0.39, 0.29) is 17.9 Å². The van der Waals surface area contributed by atoms with Crippen molar-refractivity contribution >= 4 is 17.5 Å². The van der Waals surface area contributed by atoms with Crippen molar-refractivity contribution in [3.63, 3.8) is 0 Å². The molecule has 0 radical (unpaired) electrons. The van der Waals surface area contributed by atoms with Gasteiger partial charge in [0.05, 0.1) is 6.04 Å². The van der Waals surface area contributed by atoms with Gasteiger partial charge >= 0.3 is 0 Å². The lowest BCUT2D eigenvalue weighted by molar-refractivity contribution is -0.134. The van der Waals surface area contributed by atoms with Crippen LogP contribution in [0.3, 0.4) is 0 Å². The van der Waals surface area contributed by atoms with Gasteiger partial charge in [-0.2, -0.15) is 0 Å². The van der Waals surface area contributed by atoms with E-state index < -0.39 is 6.10 Å². The molecule has 1 N–H and O–H groups in total. The van der Waals surface area contributed by atoms with Gasteiger partial charge in [0, 0.05) is 18.7 Å². The molecular weight excluding hydrogens is 460 g/mol. The molecule has 0 fully saturated rings. The van der Waals surface area contributed by atoms with Gasteiger partial charge in [-0.15, -0.1) is 0 Å². The third kappa shape index (κ3) is 6.40. The highest BCUT2D eigenvalue weighted by Gasteiger charge is 2.33. The summed E-state index contributed by atoms with van der Waals surface area (Å²) in [4.78, 5) is 28.3. The van der Waals surface area contributed by atoms with Gasteiger partial charge in [-0.05, 0) is 79.1 Å². The highest BCUT2D eigenvalue weighted by atomic mass is 16.5. The number of nitrogens with zero attached hydrogens (tertiary/aromatic N) is 1. The Kier molecular flexibility index (Phi) is 8.32. The molecule has 1 aliphatic heterocycles. The minimum absolute atomic E-state index is 0.168. The highest BCUT2D eigenvalue weighted by molar-refractivity contribution is 5.94. The van der Waals surface area contributed by atoms with Crippen LogP contribution in [-0.2, 0) is 16.0 Å². The van der Waals surface area contributed by atoms with E-state index in [1.807, 2.05) is 55.1 Å². The maximum atomic E-state index is 13.3. The van der Waals surface area contributed by atoms with Crippen molar-refractivity contribution in [3.8, 4) is 5.75 Å². The zero-order chi connectivity index (χ0) is 26.5. The van der Waals surface area contributed by atoms with Gasteiger partial charge < -0.3 is 15.0 Å². The number of anilines is 1. The first kappa shape index (κ1) is 26.5. The van der Waals surface area contributed by atoms with Crippen molar-refractivity contribution in [3.05, 3.63) is 94.5 Å². The van der Waals surface area contributed by atoms with Gasteiger partial charge in [-0.1, -0.05) is 68.8 Å². The van der Waals surface area contributed by atoms with E-state index in [9.17, 15) is 9.59 Å². The average molecular weight is 499 g/mol. The normalized spacial score (nSPS) is 15.7. The van der Waals surface area contributed by atoms with E-state index in [0.29, 0.717) is 31.1 Å². The van der Waals surface area contributed by atoms with Crippen LogP contribution in [-0.4, -0.2) is 29.4 Å². The van der Waals surface area contributed by atoms with Crippen LogP contribution < -0.4 is 10.1 Å². The third-order valence-corrected chi connectivity index (χ3v) is 6.87. The SMILES string of the molecule is CCC(Oc1ccc2c(c1)C(c1ccc(C)cc1)N(C(=O)CC(C)C)CC2)C(=O)Nc1cccc(C)c1. The van der Waals surface area contributed by atoms with Crippen LogP contribution in [0.15, 0.2) is 66.7 Å². The fourth-order valence-electron chi connectivity index (χ4n) is 4.94. The molecule has 37 heavy (non-hydrogen) atoms. The van der Waals surface area contributed by atoms with Crippen LogP contribution >= 0.6 is 0 Å². The average Bonchev–Trinajstić information content (AvgIpc) is 2.86. The Morgan fingerprint density at radius 1 is 1.00 bits per heavy atom. The molecular formula is C32H38N2O3. The molecule has 0 aromatic heterocycles. The van der Waals surface area contributed by atoms with Crippen LogP contribution in [0.4, 0.5) is 5.69 Å². The summed E-state index contributed by atoms with van der Waals surface area (Å²) in [6.07, 6.45) is 1.23. The number of ether oxygens (including phenoxy) is 1. The Labute approximate surface area is 220 Å². The Bertz CT molecular complexity index is 1250. The second-order valence-electron chi connectivity index (χ2n) is 10.5. The Hall–Kier alpha value is -3.60. The number of nitrogens with one attached hydrogen (secondary N) is 1.